The smallest absolute Gasteiger partial charge is 0.175 e. The molecule has 0 amide bonds. The average molecular weight is 373 g/mol. The van der Waals surface area contributed by atoms with E-state index in [0.29, 0.717) is 28.9 Å². The van der Waals surface area contributed by atoms with Gasteiger partial charge in [-0.1, -0.05) is 27.7 Å². The lowest BCUT2D eigenvalue weighted by atomic mass is 9.58. The average Bonchev–Trinajstić information content (AvgIpc) is 3.27. The number of rotatable bonds is 2. The summed E-state index contributed by atoms with van der Waals surface area (Å²) in [5, 5.41) is 0. The Balaban J connectivity index is 1.85. The Hall–Kier alpha value is -1.12. The van der Waals surface area contributed by atoms with Gasteiger partial charge in [0.1, 0.15) is 11.4 Å². The maximum atomic E-state index is 13.4. The van der Waals surface area contributed by atoms with Gasteiger partial charge in [-0.3, -0.25) is 9.59 Å². The van der Waals surface area contributed by atoms with E-state index >= 15 is 0 Å². The highest BCUT2D eigenvalue weighted by Gasteiger charge is 2.73. The summed E-state index contributed by atoms with van der Waals surface area (Å²) in [4.78, 5) is 26.6. The van der Waals surface area contributed by atoms with Crippen LogP contribution in [0.3, 0.4) is 0 Å². The van der Waals surface area contributed by atoms with Crippen LogP contribution in [0.25, 0.3) is 0 Å². The number of carbonyl (C=O) groups excluding carboxylic acids is 2. The molecule has 0 unspecified atom stereocenters. The van der Waals surface area contributed by atoms with E-state index in [9.17, 15) is 9.59 Å². The lowest BCUT2D eigenvalue weighted by Crippen LogP contribution is -2.55. The fraction of sp³-hybridized carbons (Fsp3) is 0.833. The fourth-order valence-corrected chi connectivity index (χ4v) is 6.79. The van der Waals surface area contributed by atoms with Gasteiger partial charge in [0.15, 0.2) is 11.6 Å². The SMILES string of the molecule is CC(C)[C@@H]1C[C@@]2(CC[C@]3(C(C)C)C[C@H]23)OC2=C1C(=O)C(C)(C)C(=O)C2(C)C. The van der Waals surface area contributed by atoms with Crippen molar-refractivity contribution >= 4 is 11.6 Å². The number of hydrogen-bond donors (Lipinski definition) is 0. The van der Waals surface area contributed by atoms with E-state index in [0.717, 1.165) is 18.4 Å². The zero-order valence-electron chi connectivity index (χ0n) is 18.4. The molecule has 4 atom stereocenters. The minimum Gasteiger partial charge on any atom is -0.490 e. The molecule has 3 aliphatic carbocycles. The Labute approximate surface area is 164 Å². The third-order valence-electron chi connectivity index (χ3n) is 8.72. The van der Waals surface area contributed by atoms with Crippen LogP contribution < -0.4 is 0 Å². The third kappa shape index (κ3) is 2.20. The van der Waals surface area contributed by atoms with Crippen LogP contribution >= 0.6 is 0 Å². The first-order valence-corrected chi connectivity index (χ1v) is 10.8. The first-order valence-electron chi connectivity index (χ1n) is 10.8. The standard InChI is InChI=1S/C24H36O3/c1-13(2)15-11-24(10-9-23(14(3)4)12-16(23)24)27-19-17(15)18(25)21(5,6)20(26)22(19,7)8/h13-16H,9-12H2,1-8H3/t15-,16-,23+,24+/m0/s1. The van der Waals surface area contributed by atoms with E-state index in [1.165, 1.54) is 12.8 Å². The maximum Gasteiger partial charge on any atom is 0.175 e. The molecule has 0 N–H and O–H groups in total. The molecule has 3 heteroatoms. The molecule has 0 aromatic carbocycles. The second kappa shape index (κ2) is 5.27. The van der Waals surface area contributed by atoms with Crippen LogP contribution in [0.4, 0.5) is 0 Å². The van der Waals surface area contributed by atoms with Crippen LogP contribution in [0.15, 0.2) is 11.3 Å². The molecule has 4 aliphatic rings. The van der Waals surface area contributed by atoms with Gasteiger partial charge < -0.3 is 4.74 Å². The summed E-state index contributed by atoms with van der Waals surface area (Å²) in [6.07, 6.45) is 4.47. The van der Waals surface area contributed by atoms with Crippen molar-refractivity contribution in [2.45, 2.75) is 86.7 Å². The van der Waals surface area contributed by atoms with Crippen molar-refractivity contribution in [2.24, 2.45) is 39.9 Å². The molecule has 0 aromatic rings. The number of carbonyl (C=O) groups is 2. The van der Waals surface area contributed by atoms with Gasteiger partial charge in [0.2, 0.25) is 0 Å². The van der Waals surface area contributed by atoms with E-state index in [2.05, 4.69) is 27.7 Å². The third-order valence-corrected chi connectivity index (χ3v) is 8.72. The molecule has 2 saturated carbocycles. The van der Waals surface area contributed by atoms with Gasteiger partial charge in [0.05, 0.1) is 10.8 Å². The molecular formula is C24H36O3. The quantitative estimate of drug-likeness (QED) is 0.615. The number of Topliss-reactive ketones (excluding diaryl/α,β-unsaturated/α-hetero) is 2. The van der Waals surface area contributed by atoms with Crippen LogP contribution in [0.1, 0.15) is 81.1 Å². The first kappa shape index (κ1) is 19.2. The largest absolute Gasteiger partial charge is 0.490 e. The van der Waals surface area contributed by atoms with Gasteiger partial charge in [-0.05, 0) is 76.5 Å². The molecule has 1 aliphatic heterocycles. The fourth-order valence-electron chi connectivity index (χ4n) is 6.79. The lowest BCUT2D eigenvalue weighted by Gasteiger charge is -2.51. The molecule has 150 valence electrons. The molecule has 2 fully saturated rings. The number of fused-ring (bicyclic) bond motifs is 2. The summed E-state index contributed by atoms with van der Waals surface area (Å²) in [7, 11) is 0. The predicted octanol–water partition coefficient (Wildman–Crippen LogP) is 5.33. The molecule has 0 saturated heterocycles. The molecule has 4 rings (SSSR count). The van der Waals surface area contributed by atoms with Crippen LogP contribution in [0.5, 0.6) is 0 Å². The van der Waals surface area contributed by atoms with Gasteiger partial charge in [0.25, 0.3) is 0 Å². The van der Waals surface area contributed by atoms with Gasteiger partial charge in [-0.25, -0.2) is 0 Å². The van der Waals surface area contributed by atoms with Crippen LogP contribution in [-0.4, -0.2) is 17.2 Å². The molecule has 0 bridgehead atoms. The lowest BCUT2D eigenvalue weighted by molar-refractivity contribution is -0.152. The molecule has 27 heavy (non-hydrogen) atoms. The molecule has 1 spiro atoms. The molecule has 0 aromatic heterocycles. The molecule has 1 heterocycles. The Morgan fingerprint density at radius 1 is 0.926 bits per heavy atom. The van der Waals surface area contributed by atoms with Crippen molar-refractivity contribution in [1.29, 1.82) is 0 Å². The summed E-state index contributed by atoms with van der Waals surface area (Å²) < 4.78 is 6.84. The second-order valence-electron chi connectivity index (χ2n) is 11.5. The van der Waals surface area contributed by atoms with Gasteiger partial charge >= 0.3 is 0 Å². The summed E-state index contributed by atoms with van der Waals surface area (Å²) in [6, 6.07) is 0. The summed E-state index contributed by atoms with van der Waals surface area (Å²) in [5.41, 5.74) is -0.609. The van der Waals surface area contributed by atoms with E-state index in [1.807, 2.05) is 13.8 Å². The normalized spacial score (nSPS) is 41.9. The summed E-state index contributed by atoms with van der Waals surface area (Å²) in [5.74, 6) is 2.52. The topological polar surface area (TPSA) is 43.4 Å². The zero-order valence-corrected chi connectivity index (χ0v) is 18.4. The molecule has 0 radical (unpaired) electrons. The van der Waals surface area contributed by atoms with E-state index < -0.39 is 10.8 Å². The second-order valence-corrected chi connectivity index (χ2v) is 11.5. The Bertz CT molecular complexity index is 754. The van der Waals surface area contributed by atoms with Crippen LogP contribution in [-0.2, 0) is 14.3 Å². The van der Waals surface area contributed by atoms with Gasteiger partial charge in [-0.2, -0.15) is 0 Å². The minimum absolute atomic E-state index is 0.000656. The van der Waals surface area contributed by atoms with Gasteiger partial charge in [-0.15, -0.1) is 0 Å². The number of allylic oxidation sites excluding steroid dienone is 2. The van der Waals surface area contributed by atoms with Gasteiger partial charge in [0, 0.05) is 11.5 Å². The highest BCUT2D eigenvalue weighted by atomic mass is 16.5. The van der Waals surface area contributed by atoms with Crippen molar-refractivity contribution in [3.63, 3.8) is 0 Å². The van der Waals surface area contributed by atoms with Crippen molar-refractivity contribution in [2.75, 3.05) is 0 Å². The number of ketones is 2. The highest BCUT2D eigenvalue weighted by Crippen LogP contribution is 2.75. The highest BCUT2D eigenvalue weighted by molar-refractivity contribution is 6.19. The molecule has 3 nitrogen and oxygen atoms in total. The predicted molar refractivity (Wildman–Crippen MR) is 106 cm³/mol. The van der Waals surface area contributed by atoms with E-state index in [-0.39, 0.29) is 23.1 Å². The summed E-state index contributed by atoms with van der Waals surface area (Å²) >= 11 is 0. The number of hydrogen-bond acceptors (Lipinski definition) is 3. The maximum absolute atomic E-state index is 13.4. The summed E-state index contributed by atoms with van der Waals surface area (Å²) in [6.45, 7) is 16.6. The van der Waals surface area contributed by atoms with Crippen LogP contribution in [0.2, 0.25) is 0 Å². The number of ether oxygens (including phenoxy) is 1. The Morgan fingerprint density at radius 3 is 2.04 bits per heavy atom. The van der Waals surface area contributed by atoms with E-state index in [1.54, 1.807) is 13.8 Å². The van der Waals surface area contributed by atoms with Crippen molar-refractivity contribution in [1.82, 2.24) is 0 Å². The zero-order chi connectivity index (χ0) is 20.2. The van der Waals surface area contributed by atoms with Crippen molar-refractivity contribution in [3.8, 4) is 0 Å². The van der Waals surface area contributed by atoms with Crippen LogP contribution in [0, 0.1) is 39.9 Å². The first-order chi connectivity index (χ1) is 12.3. The van der Waals surface area contributed by atoms with Crippen molar-refractivity contribution in [3.05, 3.63) is 11.3 Å². The Kier molecular flexibility index (Phi) is 3.75. The van der Waals surface area contributed by atoms with E-state index in [4.69, 9.17) is 4.74 Å². The monoisotopic (exact) mass is 372 g/mol. The minimum atomic E-state index is -0.958. The molecular weight excluding hydrogens is 336 g/mol. The van der Waals surface area contributed by atoms with Crippen molar-refractivity contribution < 1.29 is 14.3 Å². The Morgan fingerprint density at radius 2 is 1.56 bits per heavy atom.